The van der Waals surface area contributed by atoms with Crippen LogP contribution in [0.1, 0.15) is 144 Å². The van der Waals surface area contributed by atoms with Crippen molar-refractivity contribution in [3.8, 4) is 85.9 Å². The Morgan fingerprint density at radius 2 is 0.596 bits per heavy atom. The van der Waals surface area contributed by atoms with Crippen molar-refractivity contribution in [2.75, 3.05) is 26.4 Å². The molecule has 20 aromatic rings. The zero-order valence-corrected chi connectivity index (χ0v) is 80.3. The second-order valence-electron chi connectivity index (χ2n) is 33.8. The standard InChI is InChI=1S/2C29H26N4O4.2C28H24N4O4/c1-19-11-13-23(14-12-19)33-31-26(27(32-33)29(34)35)18-21-7-6-10-24(17-21)36-16-15-25-20(2)37-28(30-25)22-8-4-3-5-9-22;1-20-25(30-28(37-20)23-10-6-3-7-11-23)16-17-36-24-14-12-21(13-15-24)18-26-27(29(34)35)32-33(31-26)19-22-8-4-2-5-9-22;1-19-24(29-27(36-19)21-10-4-2-5-11-21)15-16-35-23-14-8-9-20(17-23)18-25-26(28(33)34)31-32(30-25)22-12-6-3-7-13-22;1-19-24(29-27(36-19)21-8-4-2-5-9-21)16-17-35-23-14-12-20(13-15-23)18-25-26(28(33)34)30-31-32(25)22-10-6-3-7-11-22/h3-14,17H,15-16,18H2,1-2H3,(H,34,35);2-15H,16-19H2,1H3,(H,34,35);2-14,17H,15-16,18H2,1H3,(H,33,34);2-15H,16-18H2,1H3,(H,33,34). The minimum Gasteiger partial charge on any atom is -0.493 e. The van der Waals surface area contributed by atoms with E-state index in [9.17, 15) is 39.6 Å². The molecule has 0 saturated heterocycles. The molecule has 0 aliphatic rings. The third-order valence-corrected chi connectivity index (χ3v) is 23.3. The fourth-order valence-electron chi connectivity index (χ4n) is 15.8. The minimum absolute atomic E-state index is 0.0332. The number of aryl methyl sites for hydroxylation is 5. The lowest BCUT2D eigenvalue weighted by Gasteiger charge is -2.09. The molecular formula is C114H100N16O16. The van der Waals surface area contributed by atoms with Crippen LogP contribution in [-0.4, -0.2) is 151 Å². The van der Waals surface area contributed by atoms with Crippen LogP contribution >= 0.6 is 0 Å². The van der Waals surface area contributed by atoms with Crippen molar-refractivity contribution in [1.29, 1.82) is 0 Å². The van der Waals surface area contributed by atoms with Gasteiger partial charge in [-0.3, -0.25) is 0 Å². The van der Waals surface area contributed by atoms with E-state index in [0.29, 0.717) is 154 Å². The topological polar surface area (TPSA) is 413 Å². The van der Waals surface area contributed by atoms with Crippen molar-refractivity contribution >= 4 is 23.9 Å². The second-order valence-corrected chi connectivity index (χ2v) is 33.8. The SMILES string of the molecule is Cc1ccc(-n2nc(Cc3cccc(OCCc4nc(-c5ccccc5)oc4C)c3)c(C(=O)O)n2)cc1.Cc1oc(-c2ccccc2)nc1CCOc1ccc(Cc2c(C(=O)O)nnn2-c2ccccc2)cc1.Cc1oc(-c2ccccc2)nc1CCOc1ccc(Cc2nn(Cc3ccccc3)nc2C(=O)O)cc1.Cc1oc(-c2ccccc2)nc1CCOc1cccc(Cc2nn(-c3ccccc3)nc2C(=O)O)c1. The van der Waals surface area contributed by atoms with Crippen LogP contribution in [-0.2, 0) is 57.9 Å². The van der Waals surface area contributed by atoms with Gasteiger partial charge in [-0.05, 0) is 196 Å². The maximum absolute atomic E-state index is 11.8. The number of carboxylic acid groups (broad SMARTS) is 4. The fraction of sp³-hybridized carbons (Fsp3) is 0.158. The number of rotatable bonds is 37. The monoisotopic (exact) mass is 1950 g/mol. The smallest absolute Gasteiger partial charge is 0.358 e. The van der Waals surface area contributed by atoms with E-state index in [1.165, 1.54) is 14.4 Å². The molecule has 20 rings (SSSR count). The van der Waals surface area contributed by atoms with Crippen molar-refractivity contribution in [2.45, 2.75) is 92.5 Å². The van der Waals surface area contributed by atoms with Gasteiger partial charge in [0.1, 0.15) is 63.1 Å². The highest BCUT2D eigenvalue weighted by Gasteiger charge is 2.26. The summed E-state index contributed by atoms with van der Waals surface area (Å²) in [5, 5.41) is 72.3. The third-order valence-electron chi connectivity index (χ3n) is 23.3. The van der Waals surface area contributed by atoms with Gasteiger partial charge in [0.15, 0.2) is 22.8 Å². The predicted molar refractivity (Wildman–Crippen MR) is 543 cm³/mol. The summed E-state index contributed by atoms with van der Waals surface area (Å²) in [6, 6.07) is 105. The first kappa shape index (κ1) is 98.7. The molecule has 0 saturated carbocycles. The molecule has 12 aromatic carbocycles. The number of nitrogens with zero attached hydrogens (tertiary/aromatic N) is 16. The summed E-state index contributed by atoms with van der Waals surface area (Å²) in [6.45, 7) is 11.8. The number of aromatic carboxylic acids is 4. The third kappa shape index (κ3) is 26.0. The first-order valence-corrected chi connectivity index (χ1v) is 47.1. The molecule has 0 radical (unpaired) electrons. The van der Waals surface area contributed by atoms with Gasteiger partial charge in [0.05, 0.1) is 78.5 Å². The molecule has 0 bridgehead atoms. The Bertz CT molecular complexity index is 7760. The Labute approximate surface area is 838 Å². The summed E-state index contributed by atoms with van der Waals surface area (Å²) in [5.74, 6) is 3.92. The van der Waals surface area contributed by atoms with Gasteiger partial charge in [0.2, 0.25) is 23.6 Å². The van der Waals surface area contributed by atoms with E-state index in [-0.39, 0.29) is 22.8 Å². The van der Waals surface area contributed by atoms with Gasteiger partial charge in [-0.2, -0.15) is 29.7 Å². The van der Waals surface area contributed by atoms with Crippen LogP contribution in [0.2, 0.25) is 0 Å². The summed E-state index contributed by atoms with van der Waals surface area (Å²) in [6.07, 6.45) is 3.79. The van der Waals surface area contributed by atoms with E-state index in [1.54, 1.807) is 4.68 Å². The number of oxazole rings is 4. The molecule has 0 aliphatic heterocycles. The summed E-state index contributed by atoms with van der Waals surface area (Å²) in [5.41, 5.74) is 16.5. The van der Waals surface area contributed by atoms with Gasteiger partial charge >= 0.3 is 23.9 Å². The quantitative estimate of drug-likeness (QED) is 0.0281. The number of ether oxygens (including phenoxy) is 4. The molecule has 8 heterocycles. The van der Waals surface area contributed by atoms with E-state index in [0.717, 1.165) is 119 Å². The number of benzene rings is 12. The molecule has 32 heteroatoms. The lowest BCUT2D eigenvalue weighted by molar-refractivity contribution is 0.0678. The zero-order chi connectivity index (χ0) is 101. The van der Waals surface area contributed by atoms with E-state index >= 15 is 0 Å². The minimum atomic E-state index is -1.11. The van der Waals surface area contributed by atoms with Gasteiger partial charge in [-0.25, -0.2) is 43.8 Å². The molecular weight excluding hydrogens is 1850 g/mol. The molecule has 0 atom stereocenters. The Kier molecular flexibility index (Phi) is 32.0. The zero-order valence-electron chi connectivity index (χ0n) is 80.3. The van der Waals surface area contributed by atoms with E-state index in [2.05, 4.69) is 60.8 Å². The number of para-hydroxylation sites is 2. The number of carboxylic acids is 4. The molecule has 8 aromatic heterocycles. The Hall–Kier alpha value is -18.9. The van der Waals surface area contributed by atoms with E-state index in [4.69, 9.17) is 36.6 Å². The molecule has 0 unspecified atom stereocenters. The first-order valence-electron chi connectivity index (χ1n) is 47.1. The molecule has 0 fully saturated rings. The molecule has 732 valence electrons. The number of carbonyl (C=O) groups is 4. The molecule has 0 aliphatic carbocycles. The average Bonchev–Trinajstić information content (AvgIpc) is 1.65. The van der Waals surface area contributed by atoms with Crippen LogP contribution in [0.4, 0.5) is 0 Å². The van der Waals surface area contributed by atoms with Gasteiger partial charge in [0, 0.05) is 73.6 Å². The molecule has 32 nitrogen and oxygen atoms in total. The largest absolute Gasteiger partial charge is 0.493 e. The van der Waals surface area contributed by atoms with Crippen LogP contribution in [0, 0.1) is 34.6 Å². The fourth-order valence-corrected chi connectivity index (χ4v) is 15.8. The maximum atomic E-state index is 11.8. The highest BCUT2D eigenvalue weighted by atomic mass is 16.5. The molecule has 146 heavy (non-hydrogen) atoms. The normalized spacial score (nSPS) is 10.9. The van der Waals surface area contributed by atoms with Crippen LogP contribution in [0.15, 0.2) is 351 Å². The van der Waals surface area contributed by atoms with Crippen molar-refractivity contribution in [1.82, 2.24) is 79.9 Å². The summed E-state index contributed by atoms with van der Waals surface area (Å²) in [7, 11) is 0. The van der Waals surface area contributed by atoms with Crippen LogP contribution in [0.25, 0.3) is 62.9 Å². The maximum Gasteiger partial charge on any atom is 0.358 e. The Balaban J connectivity index is 0.000000133. The lowest BCUT2D eigenvalue weighted by Crippen LogP contribution is -2.08. The van der Waals surface area contributed by atoms with Crippen molar-refractivity contribution < 1.29 is 76.2 Å². The average molecular weight is 1950 g/mol. The highest BCUT2D eigenvalue weighted by molar-refractivity contribution is 5.88. The number of hydrogen-bond donors (Lipinski definition) is 4. The van der Waals surface area contributed by atoms with Crippen molar-refractivity contribution in [3.05, 3.63) is 458 Å². The number of hydrogen-bond acceptors (Lipinski definition) is 24. The van der Waals surface area contributed by atoms with Crippen molar-refractivity contribution in [2.24, 2.45) is 0 Å². The first-order chi connectivity index (χ1) is 71.1. The van der Waals surface area contributed by atoms with E-state index in [1.807, 2.05) is 368 Å². The predicted octanol–water partition coefficient (Wildman–Crippen LogP) is 20.9. The lowest BCUT2D eigenvalue weighted by atomic mass is 10.1. The van der Waals surface area contributed by atoms with Gasteiger partial charge in [0.25, 0.3) is 0 Å². The van der Waals surface area contributed by atoms with Crippen LogP contribution in [0.5, 0.6) is 23.0 Å². The Morgan fingerprint density at radius 1 is 0.281 bits per heavy atom. The van der Waals surface area contributed by atoms with E-state index < -0.39 is 23.9 Å². The van der Waals surface area contributed by atoms with Gasteiger partial charge in [-0.15, -0.1) is 20.4 Å². The summed E-state index contributed by atoms with van der Waals surface area (Å²) in [4.78, 5) is 69.6. The second kappa shape index (κ2) is 47.4. The molecule has 4 N–H and O–H groups in total. The van der Waals surface area contributed by atoms with Gasteiger partial charge < -0.3 is 57.0 Å². The summed E-state index contributed by atoms with van der Waals surface area (Å²) < 4.78 is 48.6. The molecule has 0 spiro atoms. The van der Waals surface area contributed by atoms with Gasteiger partial charge in [-0.1, -0.05) is 211 Å². The van der Waals surface area contributed by atoms with Crippen molar-refractivity contribution in [3.63, 3.8) is 0 Å². The Morgan fingerprint density at radius 3 is 0.973 bits per heavy atom. The number of aromatic nitrogens is 16. The summed E-state index contributed by atoms with van der Waals surface area (Å²) >= 11 is 0. The van der Waals surface area contributed by atoms with Crippen LogP contribution in [0.3, 0.4) is 0 Å². The highest BCUT2D eigenvalue weighted by Crippen LogP contribution is 2.31. The molecule has 0 amide bonds. The van der Waals surface area contributed by atoms with Crippen LogP contribution < -0.4 is 18.9 Å².